The van der Waals surface area contributed by atoms with Gasteiger partial charge in [-0.3, -0.25) is 20.0 Å². The Morgan fingerprint density at radius 1 is 1.10 bits per heavy atom. The fourth-order valence-electron chi connectivity index (χ4n) is 4.31. The van der Waals surface area contributed by atoms with Gasteiger partial charge in [-0.15, -0.1) is 11.3 Å². The molecule has 2 aromatic heterocycles. The summed E-state index contributed by atoms with van der Waals surface area (Å²) < 4.78 is 29.7. The number of nitrogens with zero attached hydrogens (tertiary/aromatic N) is 3. The lowest BCUT2D eigenvalue weighted by atomic mass is 10.0. The molecular weight excluding hydrogens is 534 g/mol. The van der Waals surface area contributed by atoms with Gasteiger partial charge in [-0.1, -0.05) is 6.07 Å². The van der Waals surface area contributed by atoms with Gasteiger partial charge in [0.25, 0.3) is 5.91 Å². The molecule has 11 heteroatoms. The number of amides is 1. The van der Waals surface area contributed by atoms with Crippen molar-refractivity contribution in [3.63, 3.8) is 0 Å². The molecule has 1 aliphatic rings. The Kier molecular flexibility index (Phi) is 8.03. The van der Waals surface area contributed by atoms with Crippen molar-refractivity contribution in [1.29, 1.82) is 0 Å². The molecule has 0 bridgehead atoms. The number of aromatic nitrogens is 2. The Morgan fingerprint density at radius 2 is 1.87 bits per heavy atom. The molecule has 0 atom stereocenters. The van der Waals surface area contributed by atoms with Crippen LogP contribution in [0.15, 0.2) is 71.1 Å². The predicted molar refractivity (Wildman–Crippen MR) is 152 cm³/mol. The number of rotatable bonds is 8. The first-order chi connectivity index (χ1) is 18.7. The summed E-state index contributed by atoms with van der Waals surface area (Å²) in [6.45, 7) is 6.57. The number of hydrogen-bond acceptors (Lipinski definition) is 9. The molecule has 0 aliphatic carbocycles. The van der Waals surface area contributed by atoms with E-state index in [2.05, 4.69) is 25.5 Å². The third-order valence-corrected chi connectivity index (χ3v) is 8.24. The van der Waals surface area contributed by atoms with E-state index in [1.807, 2.05) is 30.5 Å². The van der Waals surface area contributed by atoms with Gasteiger partial charge >= 0.3 is 0 Å². The monoisotopic (exact) mass is 563 g/mol. The predicted octanol–water partition coefficient (Wildman–Crippen LogP) is 4.37. The molecule has 9 nitrogen and oxygen atoms in total. The summed E-state index contributed by atoms with van der Waals surface area (Å²) in [5, 5.41) is 8.76. The van der Waals surface area contributed by atoms with E-state index < -0.39 is 9.84 Å². The number of anilines is 1. The van der Waals surface area contributed by atoms with Gasteiger partial charge in [-0.05, 0) is 61.0 Å². The number of hydrogen-bond donors (Lipinski definition) is 2. The first kappa shape index (κ1) is 26.9. The van der Waals surface area contributed by atoms with Crippen LogP contribution in [-0.4, -0.2) is 61.6 Å². The van der Waals surface area contributed by atoms with Crippen molar-refractivity contribution < 1.29 is 17.9 Å². The lowest BCUT2D eigenvalue weighted by Gasteiger charge is -2.26. The number of pyridine rings is 1. The Bertz CT molecular complexity index is 1580. The van der Waals surface area contributed by atoms with Gasteiger partial charge in [0.2, 0.25) is 0 Å². The van der Waals surface area contributed by atoms with Crippen LogP contribution < -0.4 is 15.4 Å². The van der Waals surface area contributed by atoms with E-state index in [-0.39, 0.29) is 10.8 Å². The normalized spacial score (nSPS) is 14.2. The molecule has 1 saturated heterocycles. The highest BCUT2D eigenvalue weighted by Gasteiger charge is 2.17. The summed E-state index contributed by atoms with van der Waals surface area (Å²) >= 11 is 1.40. The number of benzene rings is 2. The summed E-state index contributed by atoms with van der Waals surface area (Å²) in [7, 11) is -3.32. The molecule has 0 saturated carbocycles. The van der Waals surface area contributed by atoms with Gasteiger partial charge in [0.05, 0.1) is 16.3 Å². The number of ether oxygens (including phenoxy) is 1. The maximum Gasteiger partial charge on any atom is 0.257 e. The third kappa shape index (κ3) is 6.87. The number of carbonyl (C=O) groups is 1. The molecule has 5 rings (SSSR count). The van der Waals surface area contributed by atoms with Gasteiger partial charge < -0.3 is 10.1 Å². The fraction of sp³-hybridized carbons (Fsp3) is 0.250. The zero-order valence-electron chi connectivity index (χ0n) is 21.7. The fourth-order valence-corrected chi connectivity index (χ4v) is 5.64. The third-order valence-electron chi connectivity index (χ3n) is 6.31. The second kappa shape index (κ2) is 11.6. The van der Waals surface area contributed by atoms with Crippen LogP contribution in [0.2, 0.25) is 0 Å². The van der Waals surface area contributed by atoms with E-state index in [0.717, 1.165) is 61.5 Å². The molecule has 4 aromatic rings. The average molecular weight is 564 g/mol. The van der Waals surface area contributed by atoms with E-state index in [9.17, 15) is 13.2 Å². The Balaban J connectivity index is 1.39. The van der Waals surface area contributed by atoms with Crippen LogP contribution in [0.4, 0.5) is 5.13 Å². The van der Waals surface area contributed by atoms with E-state index in [1.54, 1.807) is 30.5 Å². The number of thiazole rings is 1. The van der Waals surface area contributed by atoms with Crippen LogP contribution >= 0.6 is 11.3 Å². The highest BCUT2D eigenvalue weighted by Crippen LogP contribution is 2.31. The van der Waals surface area contributed by atoms with Crippen molar-refractivity contribution in [2.75, 3.05) is 37.8 Å². The average Bonchev–Trinajstić information content (AvgIpc) is 3.35. The molecule has 2 aromatic carbocycles. The van der Waals surface area contributed by atoms with Crippen molar-refractivity contribution in [2.24, 2.45) is 0 Å². The Labute approximate surface area is 231 Å². The summed E-state index contributed by atoms with van der Waals surface area (Å²) in [4.78, 5) is 25.0. The van der Waals surface area contributed by atoms with Crippen molar-refractivity contribution >= 4 is 32.2 Å². The largest absolute Gasteiger partial charge is 0.457 e. The molecule has 3 heterocycles. The first-order valence-corrected chi connectivity index (χ1v) is 15.3. The lowest BCUT2D eigenvalue weighted by Crippen LogP contribution is -2.42. The van der Waals surface area contributed by atoms with Crippen molar-refractivity contribution in [3.8, 4) is 22.8 Å². The molecule has 202 valence electrons. The molecule has 1 aliphatic heterocycles. The van der Waals surface area contributed by atoms with Crippen LogP contribution in [-0.2, 0) is 16.4 Å². The smallest absolute Gasteiger partial charge is 0.257 e. The van der Waals surface area contributed by atoms with E-state index in [1.165, 1.54) is 23.5 Å². The topological polar surface area (TPSA) is 114 Å². The maximum atomic E-state index is 13.3. The second-order valence-electron chi connectivity index (χ2n) is 9.38. The highest BCUT2D eigenvalue weighted by atomic mass is 32.2. The summed E-state index contributed by atoms with van der Waals surface area (Å²) in [5.41, 5.74) is 3.73. The molecule has 0 radical (unpaired) electrons. The van der Waals surface area contributed by atoms with E-state index in [0.29, 0.717) is 22.2 Å². The second-order valence-corrected chi connectivity index (χ2v) is 12.3. The standard InChI is InChI=1S/C28H29N5O4S2/c1-19-4-3-9-30-26(19)20-14-21(16-24(15-20)37-23-5-7-25(8-6-23)39(2,35)36)27(34)32-28-31-22(18-38-28)17-33-12-10-29-11-13-33/h3-9,14-16,18,29H,10-13,17H2,1-2H3,(H,31,32,34). The summed E-state index contributed by atoms with van der Waals surface area (Å²) in [6.07, 6.45) is 2.86. The highest BCUT2D eigenvalue weighted by molar-refractivity contribution is 7.90. The van der Waals surface area contributed by atoms with Crippen LogP contribution in [0.3, 0.4) is 0 Å². The molecule has 39 heavy (non-hydrogen) atoms. The van der Waals surface area contributed by atoms with Gasteiger partial charge in [0.15, 0.2) is 15.0 Å². The molecular formula is C28H29N5O4S2. The van der Waals surface area contributed by atoms with Crippen molar-refractivity contribution in [3.05, 3.63) is 83.0 Å². The van der Waals surface area contributed by atoms with Crippen molar-refractivity contribution in [2.45, 2.75) is 18.4 Å². The zero-order chi connectivity index (χ0) is 27.4. The van der Waals surface area contributed by atoms with Crippen LogP contribution in [0, 0.1) is 6.92 Å². The molecule has 2 N–H and O–H groups in total. The first-order valence-electron chi connectivity index (χ1n) is 12.5. The van der Waals surface area contributed by atoms with Gasteiger partial charge in [0.1, 0.15) is 11.5 Å². The minimum Gasteiger partial charge on any atom is -0.457 e. The summed E-state index contributed by atoms with van der Waals surface area (Å²) in [5.74, 6) is 0.556. The van der Waals surface area contributed by atoms with Crippen LogP contribution in [0.25, 0.3) is 11.3 Å². The number of aryl methyl sites for hydroxylation is 1. The zero-order valence-corrected chi connectivity index (χ0v) is 23.3. The van der Waals surface area contributed by atoms with Gasteiger partial charge in [-0.2, -0.15) is 0 Å². The number of piperazine rings is 1. The SMILES string of the molecule is Cc1cccnc1-c1cc(Oc2ccc(S(C)(=O)=O)cc2)cc(C(=O)Nc2nc(CN3CCNCC3)cs2)c1. The van der Waals surface area contributed by atoms with E-state index in [4.69, 9.17) is 4.74 Å². The van der Waals surface area contributed by atoms with Gasteiger partial charge in [0, 0.05) is 61.7 Å². The van der Waals surface area contributed by atoms with Crippen molar-refractivity contribution in [1.82, 2.24) is 20.2 Å². The molecule has 1 amide bonds. The minimum atomic E-state index is -3.32. The van der Waals surface area contributed by atoms with E-state index >= 15 is 0 Å². The van der Waals surface area contributed by atoms with Gasteiger partial charge in [-0.25, -0.2) is 13.4 Å². The lowest BCUT2D eigenvalue weighted by molar-refractivity contribution is 0.102. The molecule has 0 spiro atoms. The summed E-state index contributed by atoms with van der Waals surface area (Å²) in [6, 6.07) is 15.2. The Morgan fingerprint density at radius 3 is 2.59 bits per heavy atom. The van der Waals surface area contributed by atoms with Crippen LogP contribution in [0.1, 0.15) is 21.6 Å². The number of nitrogens with one attached hydrogen (secondary N) is 2. The quantitative estimate of drug-likeness (QED) is 0.325. The Hall–Kier alpha value is -3.64. The maximum absolute atomic E-state index is 13.3. The number of sulfone groups is 1. The van der Waals surface area contributed by atoms with Crippen LogP contribution in [0.5, 0.6) is 11.5 Å². The number of carbonyl (C=O) groups excluding carboxylic acids is 1. The molecule has 0 unspecified atom stereocenters. The molecule has 1 fully saturated rings. The minimum absolute atomic E-state index is 0.201.